The van der Waals surface area contributed by atoms with Crippen molar-refractivity contribution in [2.45, 2.75) is 0 Å². The van der Waals surface area contributed by atoms with Crippen LogP contribution < -0.4 is 0 Å². The van der Waals surface area contributed by atoms with Gasteiger partial charge in [-0.15, -0.1) is 11.3 Å². The molecule has 0 atom stereocenters. The Bertz CT molecular complexity index is 175. The van der Waals surface area contributed by atoms with Crippen molar-refractivity contribution < 1.29 is 0 Å². The fourth-order valence-corrected chi connectivity index (χ4v) is 0.984. The van der Waals surface area contributed by atoms with Crippen LogP contribution in [0.3, 0.4) is 0 Å². The quantitative estimate of drug-likeness (QED) is 0.496. The molecule has 3 heteroatoms. The first-order valence-electron chi connectivity index (χ1n) is 1.78. The molecule has 36 valence electrons. The van der Waals surface area contributed by atoms with Gasteiger partial charge in [-0.3, -0.25) is 0 Å². The third kappa shape index (κ3) is 1.33. The van der Waals surface area contributed by atoms with E-state index >= 15 is 0 Å². The third-order valence-electron chi connectivity index (χ3n) is 0.530. The van der Waals surface area contributed by atoms with Gasteiger partial charge in [0.1, 0.15) is 4.64 Å². The van der Waals surface area contributed by atoms with Crippen LogP contribution >= 0.6 is 23.6 Å². The van der Waals surface area contributed by atoms with Crippen molar-refractivity contribution >= 4 is 23.6 Å². The van der Waals surface area contributed by atoms with Gasteiger partial charge in [0.05, 0.1) is 5.51 Å². The Morgan fingerprint density at radius 2 is 2.57 bits per heavy atom. The first kappa shape index (κ1) is 4.87. The Morgan fingerprint density at radius 3 is 2.86 bits per heavy atom. The van der Waals surface area contributed by atoms with Gasteiger partial charge in [0.15, 0.2) is 0 Å². The minimum absolute atomic E-state index is 0.666. The van der Waals surface area contributed by atoms with E-state index in [4.69, 9.17) is 12.2 Å². The molecule has 0 unspecified atom stereocenters. The average molecular weight is 129 g/mol. The van der Waals surface area contributed by atoms with Crippen LogP contribution in [0.5, 0.6) is 0 Å². The summed E-state index contributed by atoms with van der Waals surface area (Å²) in [5.74, 6) is 0. The van der Waals surface area contributed by atoms with E-state index in [2.05, 4.69) is 4.98 Å². The largest absolute Gasteiger partial charge is 0.234 e. The Hall–Kier alpha value is -0.280. The maximum absolute atomic E-state index is 4.71. The highest BCUT2D eigenvalue weighted by molar-refractivity contribution is 7.71. The second-order valence-electron chi connectivity index (χ2n) is 1.01. The number of hydrogen-bond acceptors (Lipinski definition) is 3. The van der Waals surface area contributed by atoms with Gasteiger partial charge in [-0.05, 0) is 11.4 Å². The maximum atomic E-state index is 4.71. The molecule has 0 bridgehead atoms. The van der Waals surface area contributed by atoms with Crippen molar-refractivity contribution in [1.82, 2.24) is 4.98 Å². The van der Waals surface area contributed by atoms with Gasteiger partial charge in [-0.2, -0.15) is 0 Å². The van der Waals surface area contributed by atoms with E-state index < -0.39 is 0 Å². The molecule has 0 fully saturated rings. The molecule has 1 aromatic heterocycles. The van der Waals surface area contributed by atoms with E-state index in [0.29, 0.717) is 4.64 Å². The van der Waals surface area contributed by atoms with E-state index in [1.807, 2.05) is 5.38 Å². The molecular formula is C4H3NS2. The predicted molar refractivity (Wildman–Crippen MR) is 32.9 cm³/mol. The minimum atomic E-state index is 0.666. The second kappa shape index (κ2) is 2.14. The van der Waals surface area contributed by atoms with Crippen molar-refractivity contribution in [2.75, 3.05) is 0 Å². The van der Waals surface area contributed by atoms with Gasteiger partial charge in [-0.25, -0.2) is 4.98 Å². The monoisotopic (exact) mass is 129 g/mol. The molecule has 1 nitrogen and oxygen atoms in total. The van der Waals surface area contributed by atoms with Crippen molar-refractivity contribution in [1.29, 1.82) is 0 Å². The summed E-state index contributed by atoms with van der Waals surface area (Å²) in [6.07, 6.45) is 0. The summed E-state index contributed by atoms with van der Waals surface area (Å²) in [5, 5.41) is 1.91. The number of aromatic nitrogens is 1. The Kier molecular flexibility index (Phi) is 1.49. The first-order chi connectivity index (χ1) is 3.39. The molecule has 7 heavy (non-hydrogen) atoms. The summed E-state index contributed by atoms with van der Waals surface area (Å²) in [7, 11) is 0. The van der Waals surface area contributed by atoms with Crippen molar-refractivity contribution in [3.05, 3.63) is 21.6 Å². The smallest absolute Gasteiger partial charge is 0.127 e. The highest BCUT2D eigenvalue weighted by Gasteiger charge is 1.68. The molecule has 0 saturated heterocycles. The van der Waals surface area contributed by atoms with E-state index in [-0.39, 0.29) is 0 Å². The normalized spacial score (nSPS) is 8.57. The molecule has 0 spiro atoms. The molecular weight excluding hydrogens is 126 g/mol. The second-order valence-corrected chi connectivity index (χ2v) is 2.19. The highest BCUT2D eigenvalue weighted by Crippen LogP contribution is 1.89. The fourth-order valence-electron chi connectivity index (χ4n) is 0.258. The Balaban J connectivity index is 3.28. The van der Waals surface area contributed by atoms with Crippen LogP contribution in [-0.2, 0) is 0 Å². The van der Waals surface area contributed by atoms with Crippen LogP contribution in [0.25, 0.3) is 0 Å². The first-order valence-corrected chi connectivity index (χ1v) is 3.13. The van der Waals surface area contributed by atoms with Crippen LogP contribution in [0.1, 0.15) is 0 Å². The minimum Gasteiger partial charge on any atom is -0.234 e. The van der Waals surface area contributed by atoms with Crippen LogP contribution in [0, 0.1) is 4.64 Å². The molecule has 0 radical (unpaired) electrons. The SMILES string of the molecule is S=c1ccscn1. The lowest BCUT2D eigenvalue weighted by molar-refractivity contribution is 1.35. The van der Waals surface area contributed by atoms with Crippen LogP contribution in [-0.4, -0.2) is 4.98 Å². The van der Waals surface area contributed by atoms with Gasteiger partial charge in [-0.1, -0.05) is 12.2 Å². The topological polar surface area (TPSA) is 12.9 Å². The van der Waals surface area contributed by atoms with E-state index in [1.165, 1.54) is 11.3 Å². The molecule has 0 aliphatic rings. The molecule has 0 aliphatic heterocycles. The molecule has 0 amide bonds. The zero-order chi connectivity index (χ0) is 5.11. The number of rotatable bonds is 0. The third-order valence-corrected chi connectivity index (χ3v) is 1.29. The summed E-state index contributed by atoms with van der Waals surface area (Å²) in [4.78, 5) is 3.81. The molecule has 1 aromatic rings. The van der Waals surface area contributed by atoms with E-state index in [1.54, 1.807) is 11.6 Å². The van der Waals surface area contributed by atoms with Crippen molar-refractivity contribution in [3.8, 4) is 0 Å². The van der Waals surface area contributed by atoms with E-state index in [0.717, 1.165) is 0 Å². The molecule has 1 rings (SSSR count). The van der Waals surface area contributed by atoms with Gasteiger partial charge >= 0.3 is 0 Å². The lowest BCUT2D eigenvalue weighted by atomic mass is 10.8. The Labute approximate surface area is 50.7 Å². The molecule has 0 saturated carbocycles. The summed E-state index contributed by atoms with van der Waals surface area (Å²) < 4.78 is 0.666. The zero-order valence-corrected chi connectivity index (χ0v) is 5.13. The number of hydrogen-bond donors (Lipinski definition) is 0. The standard InChI is InChI=1S/C4H3NS2/c6-4-1-2-7-3-5-4/h1-3H. The number of nitrogens with zero attached hydrogens (tertiary/aromatic N) is 1. The van der Waals surface area contributed by atoms with Gasteiger partial charge < -0.3 is 0 Å². The highest BCUT2D eigenvalue weighted by atomic mass is 32.1. The molecule has 1 heterocycles. The van der Waals surface area contributed by atoms with Crippen molar-refractivity contribution in [3.63, 3.8) is 0 Å². The summed E-state index contributed by atoms with van der Waals surface area (Å²) in [6.45, 7) is 0. The molecule has 0 aliphatic carbocycles. The maximum Gasteiger partial charge on any atom is 0.127 e. The molecule has 0 N–H and O–H groups in total. The lowest BCUT2D eigenvalue weighted by Crippen LogP contribution is -1.61. The average Bonchev–Trinajstić information content (AvgIpc) is 1.69. The Morgan fingerprint density at radius 1 is 1.71 bits per heavy atom. The van der Waals surface area contributed by atoms with Crippen LogP contribution in [0.2, 0.25) is 0 Å². The van der Waals surface area contributed by atoms with Crippen LogP contribution in [0.4, 0.5) is 0 Å². The van der Waals surface area contributed by atoms with Crippen molar-refractivity contribution in [2.24, 2.45) is 0 Å². The summed E-state index contributed by atoms with van der Waals surface area (Å²) in [6, 6.07) is 1.81. The fraction of sp³-hybridized carbons (Fsp3) is 0. The van der Waals surface area contributed by atoms with Gasteiger partial charge in [0.2, 0.25) is 0 Å². The lowest BCUT2D eigenvalue weighted by Gasteiger charge is -1.72. The van der Waals surface area contributed by atoms with Gasteiger partial charge in [0, 0.05) is 0 Å². The summed E-state index contributed by atoms with van der Waals surface area (Å²) >= 11 is 6.25. The van der Waals surface area contributed by atoms with E-state index in [9.17, 15) is 0 Å². The molecule has 0 aromatic carbocycles. The van der Waals surface area contributed by atoms with Gasteiger partial charge in [0.25, 0.3) is 0 Å². The zero-order valence-electron chi connectivity index (χ0n) is 3.50. The predicted octanol–water partition coefficient (Wildman–Crippen LogP) is 1.87. The summed E-state index contributed by atoms with van der Waals surface area (Å²) in [5.41, 5.74) is 1.72. The van der Waals surface area contributed by atoms with Crippen LogP contribution in [0.15, 0.2) is 17.0 Å².